The second-order valence-electron chi connectivity index (χ2n) is 10.7. The maximum absolute atomic E-state index is 13.6. The van der Waals surface area contributed by atoms with E-state index in [0.717, 1.165) is 11.1 Å². The highest BCUT2D eigenvalue weighted by molar-refractivity contribution is 8.00. The van der Waals surface area contributed by atoms with Gasteiger partial charge in [0.25, 0.3) is 5.91 Å². The predicted octanol–water partition coefficient (Wildman–Crippen LogP) is 3.48. The third-order valence-electron chi connectivity index (χ3n) is 6.02. The molecule has 1 unspecified atom stereocenters. The topological polar surface area (TPSA) is 108 Å². The lowest BCUT2D eigenvalue weighted by Crippen LogP contribution is -2.58. The van der Waals surface area contributed by atoms with Crippen LogP contribution in [-0.4, -0.2) is 62.3 Å². The van der Waals surface area contributed by atoms with Gasteiger partial charge in [0.1, 0.15) is 11.6 Å². The minimum absolute atomic E-state index is 0.211. The van der Waals surface area contributed by atoms with Gasteiger partial charge in [-0.2, -0.15) is 0 Å². The van der Waals surface area contributed by atoms with Crippen LogP contribution in [-0.2, 0) is 27.3 Å². The summed E-state index contributed by atoms with van der Waals surface area (Å²) in [7, 11) is 0. The van der Waals surface area contributed by atoms with Gasteiger partial charge in [-0.1, -0.05) is 60.7 Å². The first-order valence-electron chi connectivity index (χ1n) is 12.3. The van der Waals surface area contributed by atoms with Gasteiger partial charge in [-0.15, -0.1) is 11.8 Å². The van der Waals surface area contributed by atoms with Crippen LogP contribution in [0, 0.1) is 0 Å². The molecule has 1 aliphatic heterocycles. The quantitative estimate of drug-likeness (QED) is 0.485. The van der Waals surface area contributed by atoms with Crippen molar-refractivity contribution in [1.29, 1.82) is 0 Å². The predicted molar refractivity (Wildman–Crippen MR) is 145 cm³/mol. The molecule has 1 aliphatic rings. The van der Waals surface area contributed by atoms with E-state index in [-0.39, 0.29) is 18.2 Å². The number of amides is 3. The van der Waals surface area contributed by atoms with Crippen LogP contribution in [0.1, 0.15) is 45.7 Å². The Morgan fingerprint density at radius 2 is 1.62 bits per heavy atom. The highest BCUT2D eigenvalue weighted by atomic mass is 32.2. The molecule has 3 N–H and O–H groups in total. The number of rotatable bonds is 8. The van der Waals surface area contributed by atoms with Crippen molar-refractivity contribution < 1.29 is 24.2 Å². The van der Waals surface area contributed by atoms with Crippen molar-refractivity contribution in [2.24, 2.45) is 0 Å². The van der Waals surface area contributed by atoms with E-state index in [9.17, 15) is 19.5 Å². The Hall–Kier alpha value is -3.04. The Kier molecular flexibility index (Phi) is 9.26. The second-order valence-corrected chi connectivity index (χ2v) is 12.3. The fourth-order valence-electron chi connectivity index (χ4n) is 4.21. The molecule has 3 amide bonds. The van der Waals surface area contributed by atoms with Crippen LogP contribution in [0.25, 0.3) is 0 Å². The van der Waals surface area contributed by atoms with Gasteiger partial charge in [0.05, 0.1) is 11.9 Å². The van der Waals surface area contributed by atoms with Crippen molar-refractivity contribution in [2.45, 2.75) is 76.1 Å². The fourth-order valence-corrected chi connectivity index (χ4v) is 5.35. The summed E-state index contributed by atoms with van der Waals surface area (Å²) in [6.45, 7) is 9.36. The number of thioether (sulfide) groups is 1. The molecule has 2 aromatic rings. The van der Waals surface area contributed by atoms with Crippen LogP contribution in [0.4, 0.5) is 4.79 Å². The first kappa shape index (κ1) is 28.5. The smallest absolute Gasteiger partial charge is 0.407 e. The molecule has 0 radical (unpaired) electrons. The number of benzene rings is 2. The van der Waals surface area contributed by atoms with Crippen molar-refractivity contribution in [2.75, 3.05) is 5.88 Å². The van der Waals surface area contributed by atoms with Gasteiger partial charge in [0, 0.05) is 11.3 Å². The first-order chi connectivity index (χ1) is 17.4. The summed E-state index contributed by atoms with van der Waals surface area (Å²) in [4.78, 5) is 40.9. The van der Waals surface area contributed by atoms with Gasteiger partial charge in [-0.3, -0.25) is 9.59 Å². The molecular formula is C28H37N3O5S. The summed E-state index contributed by atoms with van der Waals surface area (Å²) >= 11 is 1.47. The molecule has 0 saturated carbocycles. The Labute approximate surface area is 223 Å². The Morgan fingerprint density at radius 1 is 1.05 bits per heavy atom. The van der Waals surface area contributed by atoms with E-state index in [1.807, 2.05) is 74.5 Å². The average molecular weight is 528 g/mol. The normalized spacial score (nSPS) is 18.5. The van der Waals surface area contributed by atoms with Crippen molar-refractivity contribution in [1.82, 2.24) is 15.5 Å². The molecule has 2 aromatic carbocycles. The minimum atomic E-state index is -1.58. The van der Waals surface area contributed by atoms with Crippen LogP contribution in [0.3, 0.4) is 0 Å². The summed E-state index contributed by atoms with van der Waals surface area (Å²) in [5.74, 6) is -0.661. The summed E-state index contributed by atoms with van der Waals surface area (Å²) in [5, 5.41) is 16.8. The van der Waals surface area contributed by atoms with Gasteiger partial charge in [0.15, 0.2) is 6.10 Å². The van der Waals surface area contributed by atoms with Crippen molar-refractivity contribution in [3.63, 3.8) is 0 Å². The van der Waals surface area contributed by atoms with Crippen LogP contribution in [0.15, 0.2) is 60.7 Å². The molecule has 3 atom stereocenters. The molecule has 1 heterocycles. The lowest BCUT2D eigenvalue weighted by Gasteiger charge is -2.33. The largest absolute Gasteiger partial charge is 0.444 e. The van der Waals surface area contributed by atoms with E-state index in [1.54, 1.807) is 20.8 Å². The third kappa shape index (κ3) is 7.97. The molecule has 9 heteroatoms. The van der Waals surface area contributed by atoms with Crippen LogP contribution >= 0.6 is 11.8 Å². The number of nitrogens with zero attached hydrogens (tertiary/aromatic N) is 1. The summed E-state index contributed by atoms with van der Waals surface area (Å²) in [6, 6.07) is 17.1. The maximum Gasteiger partial charge on any atom is 0.407 e. The SMILES string of the molecule is CC(C)(C)OC(=O)N[C@@H](Cc1ccccc1)[C@H](O)C(=O)N1CSC(C)(C)C1C(=O)NCc1ccccc1. The van der Waals surface area contributed by atoms with E-state index in [0.29, 0.717) is 6.54 Å². The minimum Gasteiger partial charge on any atom is -0.444 e. The number of carbonyl (C=O) groups excluding carboxylic acids is 3. The van der Waals surface area contributed by atoms with Gasteiger partial charge >= 0.3 is 6.09 Å². The first-order valence-corrected chi connectivity index (χ1v) is 13.3. The lowest BCUT2D eigenvalue weighted by molar-refractivity contribution is -0.147. The van der Waals surface area contributed by atoms with Crippen LogP contribution in [0.2, 0.25) is 0 Å². The van der Waals surface area contributed by atoms with Gasteiger partial charge in [-0.05, 0) is 52.2 Å². The highest BCUT2D eigenvalue weighted by Gasteiger charge is 2.49. The second kappa shape index (κ2) is 12.0. The number of ether oxygens (including phenoxy) is 1. The number of carbonyl (C=O) groups is 3. The Balaban J connectivity index is 1.78. The summed E-state index contributed by atoms with van der Waals surface area (Å²) in [6.07, 6.45) is -2.09. The number of aliphatic hydroxyl groups excluding tert-OH is 1. The molecule has 0 aliphatic carbocycles. The number of nitrogens with one attached hydrogen (secondary N) is 2. The molecule has 3 rings (SSSR count). The third-order valence-corrected chi connectivity index (χ3v) is 7.40. The number of hydrogen-bond acceptors (Lipinski definition) is 6. The molecule has 8 nitrogen and oxygen atoms in total. The van der Waals surface area contributed by atoms with Crippen molar-refractivity contribution in [3.8, 4) is 0 Å². The number of hydrogen-bond donors (Lipinski definition) is 3. The van der Waals surface area contributed by atoms with E-state index in [4.69, 9.17) is 4.74 Å². The standard InChI is InChI=1S/C28H37N3O5S/c1-27(2,3)36-26(35)30-21(16-19-12-8-6-9-13-19)22(32)25(34)31-18-37-28(4,5)23(31)24(33)29-17-20-14-10-7-11-15-20/h6-15,21-23,32H,16-18H2,1-5H3,(H,29,33)(H,30,35)/t21-,22-,23?/m0/s1. The molecule has 0 aromatic heterocycles. The van der Waals surface area contributed by atoms with E-state index in [2.05, 4.69) is 10.6 Å². The zero-order valence-electron chi connectivity index (χ0n) is 22.1. The molecule has 200 valence electrons. The van der Waals surface area contributed by atoms with E-state index in [1.165, 1.54) is 16.7 Å². The van der Waals surface area contributed by atoms with Crippen molar-refractivity contribution >= 4 is 29.7 Å². The number of alkyl carbamates (subject to hydrolysis) is 1. The average Bonchev–Trinajstić information content (AvgIpc) is 3.16. The zero-order valence-corrected chi connectivity index (χ0v) is 22.9. The molecule has 0 bridgehead atoms. The maximum atomic E-state index is 13.6. The summed E-state index contributed by atoms with van der Waals surface area (Å²) in [5.41, 5.74) is 1.04. The van der Waals surface area contributed by atoms with Gasteiger partial charge in [0.2, 0.25) is 5.91 Å². The Bertz CT molecular complexity index is 1070. The monoisotopic (exact) mass is 527 g/mol. The molecule has 1 saturated heterocycles. The van der Waals surface area contributed by atoms with E-state index >= 15 is 0 Å². The molecule has 1 fully saturated rings. The summed E-state index contributed by atoms with van der Waals surface area (Å²) < 4.78 is 4.81. The zero-order chi connectivity index (χ0) is 27.2. The number of aliphatic hydroxyl groups is 1. The fraction of sp³-hybridized carbons (Fsp3) is 0.464. The molecular weight excluding hydrogens is 490 g/mol. The highest BCUT2D eigenvalue weighted by Crippen LogP contribution is 2.40. The van der Waals surface area contributed by atoms with Crippen molar-refractivity contribution in [3.05, 3.63) is 71.8 Å². The molecule has 37 heavy (non-hydrogen) atoms. The van der Waals surface area contributed by atoms with Gasteiger partial charge < -0.3 is 25.4 Å². The Morgan fingerprint density at radius 3 is 2.19 bits per heavy atom. The van der Waals surface area contributed by atoms with E-state index < -0.39 is 40.5 Å². The van der Waals surface area contributed by atoms with Gasteiger partial charge in [-0.25, -0.2) is 4.79 Å². The lowest BCUT2D eigenvalue weighted by atomic mass is 9.97. The molecule has 0 spiro atoms. The van der Waals surface area contributed by atoms with Crippen LogP contribution < -0.4 is 10.6 Å². The van der Waals surface area contributed by atoms with Crippen LogP contribution in [0.5, 0.6) is 0 Å².